The van der Waals surface area contributed by atoms with Gasteiger partial charge >= 0.3 is 0 Å². The molecule has 5 nitrogen and oxygen atoms in total. The molecule has 0 bridgehead atoms. The van der Waals surface area contributed by atoms with Crippen molar-refractivity contribution < 1.29 is 9.59 Å². The second-order valence-electron chi connectivity index (χ2n) is 8.56. The molecule has 2 N–H and O–H groups in total. The highest BCUT2D eigenvalue weighted by Crippen LogP contribution is 2.32. The molecule has 1 heterocycles. The van der Waals surface area contributed by atoms with Crippen molar-refractivity contribution in [3.05, 3.63) is 88.5 Å². The van der Waals surface area contributed by atoms with Crippen LogP contribution in [0.3, 0.4) is 0 Å². The minimum atomic E-state index is -0.222. The zero-order chi connectivity index (χ0) is 22.7. The molecule has 0 spiro atoms. The Kier molecular flexibility index (Phi) is 6.37. The van der Waals surface area contributed by atoms with Crippen molar-refractivity contribution in [2.45, 2.75) is 33.9 Å². The molecule has 0 radical (unpaired) electrons. The summed E-state index contributed by atoms with van der Waals surface area (Å²) in [6.07, 6.45) is 0. The molecule has 5 heteroatoms. The third-order valence-electron chi connectivity index (χ3n) is 5.87. The third-order valence-corrected chi connectivity index (χ3v) is 5.87. The van der Waals surface area contributed by atoms with Crippen LogP contribution < -0.4 is 10.6 Å². The first-order chi connectivity index (χ1) is 15.4. The lowest BCUT2D eigenvalue weighted by molar-refractivity contribution is -0.125. The molecular formula is C27H29N3O2. The zero-order valence-corrected chi connectivity index (χ0v) is 18.9. The number of rotatable bonds is 5. The standard InChI is InChI=1S/C27H29N3O2/c1-18-12-19(2)27(20(3)13-18)29-25(31)14-28-26(32)17-30-15-21-8-4-6-10-23(21)24-11-7-5-9-22(24)16-30/h4-13H,14-17H2,1-3H3,(H,28,32)(H,29,31). The summed E-state index contributed by atoms with van der Waals surface area (Å²) in [6, 6.07) is 20.7. The van der Waals surface area contributed by atoms with E-state index in [0.717, 1.165) is 22.4 Å². The molecule has 164 valence electrons. The van der Waals surface area contributed by atoms with E-state index in [-0.39, 0.29) is 24.9 Å². The Bertz CT molecular complexity index is 1100. The van der Waals surface area contributed by atoms with Gasteiger partial charge < -0.3 is 10.6 Å². The molecule has 3 aromatic rings. The van der Waals surface area contributed by atoms with Gasteiger partial charge in [-0.25, -0.2) is 0 Å². The molecule has 4 rings (SSSR count). The van der Waals surface area contributed by atoms with Crippen LogP contribution in [0.1, 0.15) is 27.8 Å². The summed E-state index contributed by atoms with van der Waals surface area (Å²) in [7, 11) is 0. The number of carbonyl (C=O) groups is 2. The predicted molar refractivity (Wildman–Crippen MR) is 128 cm³/mol. The largest absolute Gasteiger partial charge is 0.346 e. The fraction of sp³-hybridized carbons (Fsp3) is 0.259. The van der Waals surface area contributed by atoms with E-state index in [0.29, 0.717) is 13.1 Å². The number of nitrogens with one attached hydrogen (secondary N) is 2. The Morgan fingerprint density at radius 1 is 0.812 bits per heavy atom. The maximum absolute atomic E-state index is 12.7. The molecule has 0 saturated carbocycles. The average molecular weight is 428 g/mol. The van der Waals surface area contributed by atoms with Gasteiger partial charge in [-0.05, 0) is 54.2 Å². The van der Waals surface area contributed by atoms with Gasteiger partial charge in [-0.1, -0.05) is 66.2 Å². The number of fused-ring (bicyclic) bond motifs is 3. The van der Waals surface area contributed by atoms with E-state index < -0.39 is 0 Å². The minimum Gasteiger partial charge on any atom is -0.346 e. The van der Waals surface area contributed by atoms with Gasteiger partial charge in [0, 0.05) is 18.8 Å². The fourth-order valence-electron chi connectivity index (χ4n) is 4.49. The smallest absolute Gasteiger partial charge is 0.243 e. The Labute approximate surface area is 189 Å². The predicted octanol–water partition coefficient (Wildman–Crippen LogP) is 4.35. The highest BCUT2D eigenvalue weighted by molar-refractivity contribution is 5.96. The molecule has 1 aliphatic rings. The van der Waals surface area contributed by atoms with Gasteiger partial charge in [0.25, 0.3) is 0 Å². The van der Waals surface area contributed by atoms with Gasteiger partial charge in [0.15, 0.2) is 0 Å². The van der Waals surface area contributed by atoms with Crippen LogP contribution in [0.2, 0.25) is 0 Å². The molecular weight excluding hydrogens is 398 g/mol. The fourth-order valence-corrected chi connectivity index (χ4v) is 4.49. The van der Waals surface area contributed by atoms with Gasteiger partial charge in [0.2, 0.25) is 11.8 Å². The second kappa shape index (κ2) is 9.37. The van der Waals surface area contributed by atoms with Crippen molar-refractivity contribution in [3.63, 3.8) is 0 Å². The summed E-state index contributed by atoms with van der Waals surface area (Å²) in [5, 5.41) is 5.71. The number of anilines is 1. The number of carbonyl (C=O) groups excluding carboxylic acids is 2. The SMILES string of the molecule is Cc1cc(C)c(NC(=O)CNC(=O)CN2Cc3ccccc3-c3ccccc3C2)c(C)c1. The average Bonchev–Trinajstić information content (AvgIpc) is 2.91. The molecule has 0 aromatic heterocycles. The van der Waals surface area contributed by atoms with E-state index in [9.17, 15) is 9.59 Å². The Hall–Kier alpha value is -3.44. The number of aryl methyl sites for hydroxylation is 3. The Morgan fingerprint density at radius 3 is 1.91 bits per heavy atom. The first-order valence-electron chi connectivity index (χ1n) is 10.9. The molecule has 0 aliphatic carbocycles. The zero-order valence-electron chi connectivity index (χ0n) is 18.9. The van der Waals surface area contributed by atoms with Gasteiger partial charge in [-0.3, -0.25) is 14.5 Å². The van der Waals surface area contributed by atoms with Crippen molar-refractivity contribution in [2.75, 3.05) is 18.4 Å². The second-order valence-corrected chi connectivity index (χ2v) is 8.56. The Balaban J connectivity index is 1.38. The van der Waals surface area contributed by atoms with Crippen molar-refractivity contribution in [1.82, 2.24) is 10.2 Å². The highest BCUT2D eigenvalue weighted by Gasteiger charge is 2.20. The summed E-state index contributed by atoms with van der Waals surface area (Å²) < 4.78 is 0. The summed E-state index contributed by atoms with van der Waals surface area (Å²) in [4.78, 5) is 27.2. The summed E-state index contributed by atoms with van der Waals surface area (Å²) in [5.41, 5.74) is 8.85. The van der Waals surface area contributed by atoms with E-state index in [1.807, 2.05) is 57.2 Å². The number of hydrogen-bond donors (Lipinski definition) is 2. The normalized spacial score (nSPS) is 13.0. The topological polar surface area (TPSA) is 61.4 Å². The molecule has 1 aliphatic heterocycles. The molecule has 32 heavy (non-hydrogen) atoms. The Morgan fingerprint density at radius 2 is 1.34 bits per heavy atom. The maximum atomic E-state index is 12.7. The first-order valence-corrected chi connectivity index (χ1v) is 10.9. The van der Waals surface area contributed by atoms with Crippen molar-refractivity contribution in [3.8, 4) is 11.1 Å². The van der Waals surface area contributed by atoms with Gasteiger partial charge in [0.1, 0.15) is 0 Å². The number of amides is 2. The molecule has 0 unspecified atom stereocenters. The van der Waals surface area contributed by atoms with Crippen LogP contribution in [-0.2, 0) is 22.7 Å². The van der Waals surface area contributed by atoms with Crippen LogP contribution in [0.15, 0.2) is 60.7 Å². The summed E-state index contributed by atoms with van der Waals surface area (Å²) in [5.74, 6) is -0.380. The van der Waals surface area contributed by atoms with Gasteiger partial charge in [-0.2, -0.15) is 0 Å². The van der Waals surface area contributed by atoms with Crippen molar-refractivity contribution in [1.29, 1.82) is 0 Å². The van der Waals surface area contributed by atoms with Crippen LogP contribution >= 0.6 is 0 Å². The summed E-state index contributed by atoms with van der Waals surface area (Å²) in [6.45, 7) is 7.54. The lowest BCUT2D eigenvalue weighted by Crippen LogP contribution is -2.40. The number of nitrogens with zero attached hydrogens (tertiary/aromatic N) is 1. The molecule has 0 saturated heterocycles. The molecule has 0 atom stereocenters. The number of benzene rings is 3. The lowest BCUT2D eigenvalue weighted by Gasteiger charge is -2.20. The van der Waals surface area contributed by atoms with E-state index in [4.69, 9.17) is 0 Å². The quantitative estimate of drug-likeness (QED) is 0.636. The molecule has 2 amide bonds. The molecule has 0 fully saturated rings. The van der Waals surface area contributed by atoms with Crippen LogP contribution in [0.5, 0.6) is 0 Å². The lowest BCUT2D eigenvalue weighted by atomic mass is 9.97. The molecule has 3 aromatic carbocycles. The van der Waals surface area contributed by atoms with E-state index in [1.165, 1.54) is 22.3 Å². The van der Waals surface area contributed by atoms with Crippen LogP contribution in [0, 0.1) is 20.8 Å². The van der Waals surface area contributed by atoms with E-state index in [2.05, 4.69) is 39.8 Å². The maximum Gasteiger partial charge on any atom is 0.243 e. The van der Waals surface area contributed by atoms with Gasteiger partial charge in [0.05, 0.1) is 13.1 Å². The monoisotopic (exact) mass is 427 g/mol. The van der Waals surface area contributed by atoms with Crippen LogP contribution in [-0.4, -0.2) is 29.8 Å². The third kappa shape index (κ3) is 4.89. The summed E-state index contributed by atoms with van der Waals surface area (Å²) >= 11 is 0. The van der Waals surface area contributed by atoms with E-state index in [1.54, 1.807) is 0 Å². The van der Waals surface area contributed by atoms with Crippen LogP contribution in [0.25, 0.3) is 11.1 Å². The van der Waals surface area contributed by atoms with E-state index >= 15 is 0 Å². The minimum absolute atomic E-state index is 0.0490. The highest BCUT2D eigenvalue weighted by atomic mass is 16.2. The van der Waals surface area contributed by atoms with Crippen molar-refractivity contribution >= 4 is 17.5 Å². The van der Waals surface area contributed by atoms with Crippen LogP contribution in [0.4, 0.5) is 5.69 Å². The van der Waals surface area contributed by atoms with Crippen molar-refractivity contribution in [2.24, 2.45) is 0 Å². The first kappa shape index (κ1) is 21.8. The number of hydrogen-bond acceptors (Lipinski definition) is 3. The van der Waals surface area contributed by atoms with Gasteiger partial charge in [-0.15, -0.1) is 0 Å².